The molecule has 1 rings (SSSR count). The molecular formula is C8H11NO3. The van der Waals surface area contributed by atoms with Gasteiger partial charge in [-0.2, -0.15) is 0 Å². The van der Waals surface area contributed by atoms with E-state index in [4.69, 9.17) is 15.3 Å². The van der Waals surface area contributed by atoms with E-state index in [9.17, 15) is 4.79 Å². The fraction of sp³-hybridized carbons (Fsp3) is 0.375. The van der Waals surface area contributed by atoms with E-state index < -0.39 is 5.43 Å². The lowest BCUT2D eigenvalue weighted by molar-refractivity contribution is 0.411. The SMILES string of the molecule is NCCCc1cc(=O)c(O)co1. The van der Waals surface area contributed by atoms with Gasteiger partial charge in [-0.1, -0.05) is 0 Å². The average Bonchev–Trinajstić information content (AvgIpc) is 2.07. The summed E-state index contributed by atoms with van der Waals surface area (Å²) >= 11 is 0. The van der Waals surface area contributed by atoms with Gasteiger partial charge in [-0.25, -0.2) is 0 Å². The Hall–Kier alpha value is -1.29. The molecule has 0 bridgehead atoms. The van der Waals surface area contributed by atoms with E-state index in [0.717, 1.165) is 12.7 Å². The molecule has 12 heavy (non-hydrogen) atoms. The highest BCUT2D eigenvalue weighted by Gasteiger charge is 2.00. The van der Waals surface area contributed by atoms with Crippen molar-refractivity contribution in [3.05, 3.63) is 28.3 Å². The van der Waals surface area contributed by atoms with Gasteiger partial charge in [-0.05, 0) is 13.0 Å². The fourth-order valence-corrected chi connectivity index (χ4v) is 0.851. The van der Waals surface area contributed by atoms with Gasteiger partial charge in [-0.3, -0.25) is 4.79 Å². The van der Waals surface area contributed by atoms with Gasteiger partial charge in [0.2, 0.25) is 5.43 Å². The van der Waals surface area contributed by atoms with Crippen LogP contribution in [0.15, 0.2) is 21.5 Å². The van der Waals surface area contributed by atoms with Crippen molar-refractivity contribution in [2.24, 2.45) is 5.73 Å². The van der Waals surface area contributed by atoms with Crippen molar-refractivity contribution in [3.63, 3.8) is 0 Å². The van der Waals surface area contributed by atoms with Crippen molar-refractivity contribution in [1.82, 2.24) is 0 Å². The fourth-order valence-electron chi connectivity index (χ4n) is 0.851. The van der Waals surface area contributed by atoms with Crippen molar-refractivity contribution in [2.45, 2.75) is 12.8 Å². The van der Waals surface area contributed by atoms with Gasteiger partial charge in [-0.15, -0.1) is 0 Å². The van der Waals surface area contributed by atoms with Crippen LogP contribution in [0, 0.1) is 0 Å². The van der Waals surface area contributed by atoms with E-state index in [1.165, 1.54) is 6.07 Å². The number of aryl methyl sites for hydroxylation is 1. The lowest BCUT2D eigenvalue weighted by atomic mass is 10.2. The Bertz CT molecular complexity index is 305. The molecule has 1 heterocycles. The summed E-state index contributed by atoms with van der Waals surface area (Å²) in [6, 6.07) is 1.28. The minimum Gasteiger partial charge on any atom is -0.502 e. The molecule has 0 saturated carbocycles. The summed E-state index contributed by atoms with van der Waals surface area (Å²) in [6.45, 7) is 0.560. The number of rotatable bonds is 3. The maximum Gasteiger partial charge on any atom is 0.226 e. The Morgan fingerprint density at radius 2 is 2.33 bits per heavy atom. The van der Waals surface area contributed by atoms with Crippen molar-refractivity contribution < 1.29 is 9.52 Å². The molecule has 0 fully saturated rings. The minimum atomic E-state index is -0.409. The summed E-state index contributed by atoms with van der Waals surface area (Å²) in [4.78, 5) is 10.9. The van der Waals surface area contributed by atoms with Crippen LogP contribution in [0.3, 0.4) is 0 Å². The van der Waals surface area contributed by atoms with Gasteiger partial charge in [0.05, 0.1) is 0 Å². The summed E-state index contributed by atoms with van der Waals surface area (Å²) < 4.78 is 4.94. The van der Waals surface area contributed by atoms with Crippen LogP contribution in [-0.2, 0) is 6.42 Å². The maximum atomic E-state index is 10.9. The second kappa shape index (κ2) is 3.92. The summed E-state index contributed by atoms with van der Waals surface area (Å²) in [5.74, 6) is 0.203. The molecule has 0 aliphatic heterocycles. The molecule has 0 radical (unpaired) electrons. The first kappa shape index (κ1) is 8.80. The highest BCUT2D eigenvalue weighted by Crippen LogP contribution is 2.04. The minimum absolute atomic E-state index is 0.355. The number of hydrogen-bond donors (Lipinski definition) is 2. The summed E-state index contributed by atoms with van der Waals surface area (Å²) in [7, 11) is 0. The molecule has 1 aromatic rings. The average molecular weight is 169 g/mol. The lowest BCUT2D eigenvalue weighted by Gasteiger charge is -1.97. The van der Waals surface area contributed by atoms with Gasteiger partial charge >= 0.3 is 0 Å². The van der Waals surface area contributed by atoms with Gasteiger partial charge in [0.25, 0.3) is 0 Å². The molecule has 0 aliphatic carbocycles. The molecule has 4 nitrogen and oxygen atoms in total. The van der Waals surface area contributed by atoms with Crippen molar-refractivity contribution in [2.75, 3.05) is 6.54 Å². The zero-order valence-electron chi connectivity index (χ0n) is 6.62. The molecule has 0 saturated heterocycles. The molecule has 0 aromatic carbocycles. The van der Waals surface area contributed by atoms with Crippen LogP contribution >= 0.6 is 0 Å². The molecule has 0 unspecified atom stereocenters. The predicted molar refractivity (Wildman–Crippen MR) is 44.0 cm³/mol. The third kappa shape index (κ3) is 2.10. The molecule has 66 valence electrons. The Morgan fingerprint density at radius 3 is 2.92 bits per heavy atom. The van der Waals surface area contributed by atoms with Crippen LogP contribution in [0.5, 0.6) is 5.75 Å². The highest BCUT2D eigenvalue weighted by molar-refractivity contribution is 5.15. The molecule has 0 spiro atoms. The summed E-state index contributed by atoms with van der Waals surface area (Å²) in [5.41, 5.74) is 4.87. The van der Waals surface area contributed by atoms with Gasteiger partial charge in [0, 0.05) is 12.5 Å². The van der Waals surface area contributed by atoms with E-state index in [-0.39, 0.29) is 5.75 Å². The number of hydrogen-bond acceptors (Lipinski definition) is 4. The normalized spacial score (nSPS) is 10.1. The van der Waals surface area contributed by atoms with Crippen LogP contribution < -0.4 is 11.2 Å². The highest BCUT2D eigenvalue weighted by atomic mass is 16.3. The van der Waals surface area contributed by atoms with E-state index in [1.807, 2.05) is 0 Å². The summed E-state index contributed by atoms with van der Waals surface area (Å²) in [6.07, 6.45) is 2.45. The molecule has 4 heteroatoms. The van der Waals surface area contributed by atoms with Crippen molar-refractivity contribution in [3.8, 4) is 5.75 Å². The molecule has 3 N–H and O–H groups in total. The van der Waals surface area contributed by atoms with Crippen LogP contribution in [0.2, 0.25) is 0 Å². The van der Waals surface area contributed by atoms with Gasteiger partial charge < -0.3 is 15.3 Å². The first-order valence-electron chi connectivity index (χ1n) is 3.75. The Labute approximate surface area is 69.6 Å². The lowest BCUT2D eigenvalue weighted by Crippen LogP contribution is -2.03. The molecule has 0 atom stereocenters. The van der Waals surface area contributed by atoms with Crippen molar-refractivity contribution >= 4 is 0 Å². The van der Waals surface area contributed by atoms with Crippen LogP contribution in [0.25, 0.3) is 0 Å². The van der Waals surface area contributed by atoms with Crippen LogP contribution in [0.1, 0.15) is 12.2 Å². The smallest absolute Gasteiger partial charge is 0.226 e. The zero-order chi connectivity index (χ0) is 8.97. The number of aromatic hydroxyl groups is 1. The molecule has 0 aliphatic rings. The van der Waals surface area contributed by atoms with E-state index in [2.05, 4.69) is 0 Å². The molecule has 0 amide bonds. The first-order valence-corrected chi connectivity index (χ1v) is 3.75. The molecule has 1 aromatic heterocycles. The standard InChI is InChI=1S/C8H11NO3/c9-3-1-2-6-4-7(10)8(11)5-12-6/h4-5,11H,1-3,9H2. The van der Waals surface area contributed by atoms with E-state index in [1.54, 1.807) is 0 Å². The van der Waals surface area contributed by atoms with E-state index in [0.29, 0.717) is 18.7 Å². The van der Waals surface area contributed by atoms with Gasteiger partial charge in [0.1, 0.15) is 12.0 Å². The second-order valence-electron chi connectivity index (χ2n) is 2.49. The molecular weight excluding hydrogens is 158 g/mol. The number of nitrogens with two attached hydrogens (primary N) is 1. The summed E-state index contributed by atoms with van der Waals surface area (Å²) in [5, 5.41) is 8.84. The second-order valence-corrected chi connectivity index (χ2v) is 2.49. The third-order valence-corrected chi connectivity index (χ3v) is 1.49. The van der Waals surface area contributed by atoms with Crippen LogP contribution in [-0.4, -0.2) is 11.7 Å². The zero-order valence-corrected chi connectivity index (χ0v) is 6.62. The van der Waals surface area contributed by atoms with Crippen molar-refractivity contribution in [1.29, 1.82) is 0 Å². The monoisotopic (exact) mass is 169 g/mol. The van der Waals surface area contributed by atoms with E-state index >= 15 is 0 Å². The van der Waals surface area contributed by atoms with Crippen LogP contribution in [0.4, 0.5) is 0 Å². The largest absolute Gasteiger partial charge is 0.502 e. The third-order valence-electron chi connectivity index (χ3n) is 1.49. The quantitative estimate of drug-likeness (QED) is 0.679. The maximum absolute atomic E-state index is 10.9. The Kier molecular flexibility index (Phi) is 2.88. The Morgan fingerprint density at radius 1 is 1.58 bits per heavy atom. The first-order chi connectivity index (χ1) is 5.74. The predicted octanol–water partition coefficient (Wildman–Crippen LogP) is 0.237. The van der Waals surface area contributed by atoms with Gasteiger partial charge in [0.15, 0.2) is 5.75 Å². The topological polar surface area (TPSA) is 76.5 Å². The Balaban J connectivity index is 2.76.